The van der Waals surface area contributed by atoms with Crippen LogP contribution in [0.4, 0.5) is 13.2 Å². The van der Waals surface area contributed by atoms with Crippen molar-refractivity contribution < 1.29 is 23.1 Å². The van der Waals surface area contributed by atoms with Crippen molar-refractivity contribution in [2.75, 3.05) is 0 Å². The van der Waals surface area contributed by atoms with Crippen LogP contribution in [-0.4, -0.2) is 11.1 Å². The van der Waals surface area contributed by atoms with Crippen molar-refractivity contribution >= 4 is 5.97 Å². The molecule has 0 aliphatic heterocycles. The third-order valence-electron chi connectivity index (χ3n) is 3.79. The average Bonchev–Trinajstić information content (AvgIpc) is 2.53. The van der Waals surface area contributed by atoms with Gasteiger partial charge in [-0.05, 0) is 12.8 Å². The molecule has 0 aromatic heterocycles. The van der Waals surface area contributed by atoms with Crippen molar-refractivity contribution in [2.24, 2.45) is 16.7 Å². The van der Waals surface area contributed by atoms with Crippen molar-refractivity contribution in [1.82, 2.24) is 0 Å². The minimum Gasteiger partial charge on any atom is -0.481 e. The zero-order valence-electron chi connectivity index (χ0n) is 8.07. The molecule has 1 rings (SSSR count). The molecule has 5 heteroatoms. The molecule has 2 nitrogen and oxygen atoms in total. The summed E-state index contributed by atoms with van der Waals surface area (Å²) in [6.45, 7) is 3.94. The topological polar surface area (TPSA) is 37.3 Å². The first-order valence-electron chi connectivity index (χ1n) is 4.15. The normalized spacial score (nSPS) is 40.6. The van der Waals surface area contributed by atoms with E-state index in [2.05, 4.69) is 0 Å². The van der Waals surface area contributed by atoms with E-state index in [-0.39, 0.29) is 0 Å². The molecule has 0 radical (unpaired) electrons. The van der Waals surface area contributed by atoms with Crippen LogP contribution in [-0.2, 0) is 4.79 Å². The van der Waals surface area contributed by atoms with Crippen LogP contribution in [0, 0.1) is 16.7 Å². The summed E-state index contributed by atoms with van der Waals surface area (Å²) in [5.41, 5.74) is -3.00. The maximum Gasteiger partial charge on any atom is 0.310 e. The van der Waals surface area contributed by atoms with Crippen molar-refractivity contribution in [3.8, 4) is 0 Å². The molecule has 80 valence electrons. The van der Waals surface area contributed by atoms with Crippen LogP contribution in [0.25, 0.3) is 0 Å². The lowest BCUT2D eigenvalue weighted by Crippen LogP contribution is -2.19. The maximum atomic E-state index is 13.1. The number of rotatable bonds is 2. The lowest BCUT2D eigenvalue weighted by atomic mass is 9.95. The van der Waals surface area contributed by atoms with E-state index < -0.39 is 34.6 Å². The molecule has 0 heterocycles. The highest BCUT2D eigenvalue weighted by Gasteiger charge is 2.76. The number of allylic oxidation sites excluding steroid dienone is 1. The minimum atomic E-state index is -2.43. The molecule has 0 aromatic rings. The molecule has 0 aromatic carbocycles. The van der Waals surface area contributed by atoms with Crippen molar-refractivity contribution in [3.05, 3.63) is 11.9 Å². The van der Waals surface area contributed by atoms with Crippen molar-refractivity contribution in [1.29, 1.82) is 0 Å². The van der Waals surface area contributed by atoms with Gasteiger partial charge in [-0.15, -0.1) is 0 Å². The summed E-state index contributed by atoms with van der Waals surface area (Å²) in [6, 6.07) is 0. The fourth-order valence-electron chi connectivity index (χ4n) is 2.08. The Morgan fingerprint density at radius 2 is 1.64 bits per heavy atom. The zero-order valence-corrected chi connectivity index (χ0v) is 8.07. The zero-order chi connectivity index (χ0) is 11.3. The largest absolute Gasteiger partial charge is 0.481 e. The summed E-state index contributed by atoms with van der Waals surface area (Å²) in [7, 11) is 0. The van der Waals surface area contributed by atoms with E-state index in [1.54, 1.807) is 0 Å². The van der Waals surface area contributed by atoms with E-state index in [1.165, 1.54) is 20.8 Å². The number of carboxylic acid groups (broad SMARTS) is 1. The Bertz CT molecular complexity index is 322. The fourth-order valence-corrected chi connectivity index (χ4v) is 2.08. The number of hydrogen-bond acceptors (Lipinski definition) is 1. The highest BCUT2D eigenvalue weighted by molar-refractivity contribution is 5.81. The van der Waals surface area contributed by atoms with Crippen LogP contribution in [0.5, 0.6) is 0 Å². The molecule has 0 spiro atoms. The summed E-state index contributed by atoms with van der Waals surface area (Å²) >= 11 is 0. The van der Waals surface area contributed by atoms with Gasteiger partial charge in [0.15, 0.2) is 5.83 Å². The summed E-state index contributed by atoms with van der Waals surface area (Å²) in [6.07, 6.45) is -2.43. The number of carbonyl (C=O) groups is 1. The Hall–Kier alpha value is -1.00. The predicted molar refractivity (Wildman–Crippen MR) is 43.4 cm³/mol. The standard InChI is InChI=1S/C9H11F3O2/c1-4-8(2,5(10)6(11)12)9(4,3)7(13)14/h4H,1-3H3,(H,13,14). The highest BCUT2D eigenvalue weighted by atomic mass is 19.3. The van der Waals surface area contributed by atoms with Gasteiger partial charge >= 0.3 is 12.0 Å². The third kappa shape index (κ3) is 0.952. The fraction of sp³-hybridized carbons (Fsp3) is 0.667. The molecule has 1 aliphatic rings. The van der Waals surface area contributed by atoms with Gasteiger partial charge in [-0.1, -0.05) is 13.8 Å². The first-order valence-corrected chi connectivity index (χ1v) is 4.15. The second-order valence-electron chi connectivity index (χ2n) is 4.01. The summed E-state index contributed by atoms with van der Waals surface area (Å²) in [4.78, 5) is 10.8. The van der Waals surface area contributed by atoms with Crippen LogP contribution in [0.15, 0.2) is 11.9 Å². The Morgan fingerprint density at radius 3 is 1.86 bits per heavy atom. The Morgan fingerprint density at radius 1 is 1.21 bits per heavy atom. The SMILES string of the molecule is CC1C(C)(C(=O)O)C1(C)C(F)=C(F)F. The molecule has 1 saturated carbocycles. The van der Waals surface area contributed by atoms with E-state index in [9.17, 15) is 18.0 Å². The Labute approximate surface area is 79.4 Å². The number of aliphatic carboxylic acids is 1. The van der Waals surface area contributed by atoms with Crippen molar-refractivity contribution in [3.63, 3.8) is 0 Å². The summed E-state index contributed by atoms with van der Waals surface area (Å²) in [5, 5.41) is 8.82. The van der Waals surface area contributed by atoms with Gasteiger partial charge in [-0.2, -0.15) is 8.78 Å². The molecule has 0 saturated heterocycles. The first-order chi connectivity index (χ1) is 6.20. The number of hydrogen-bond donors (Lipinski definition) is 1. The van der Waals surface area contributed by atoms with Crippen LogP contribution < -0.4 is 0 Å². The average molecular weight is 208 g/mol. The summed E-state index contributed by atoms with van der Waals surface area (Å²) in [5.74, 6) is -3.48. The molecule has 3 atom stereocenters. The van der Waals surface area contributed by atoms with Crippen LogP contribution in [0.2, 0.25) is 0 Å². The first kappa shape index (κ1) is 11.1. The van der Waals surface area contributed by atoms with Crippen LogP contribution in [0.1, 0.15) is 20.8 Å². The van der Waals surface area contributed by atoms with Gasteiger partial charge in [-0.25, -0.2) is 4.39 Å². The Balaban J connectivity index is 3.15. The third-order valence-corrected chi connectivity index (χ3v) is 3.79. The van der Waals surface area contributed by atoms with E-state index in [0.29, 0.717) is 0 Å². The molecule has 1 N–H and O–H groups in total. The smallest absolute Gasteiger partial charge is 0.310 e. The van der Waals surface area contributed by atoms with Crippen LogP contribution >= 0.6 is 0 Å². The quantitative estimate of drug-likeness (QED) is 0.757. The Kier molecular flexibility index (Phi) is 2.17. The van der Waals surface area contributed by atoms with E-state index in [1.807, 2.05) is 0 Å². The molecule has 3 unspecified atom stereocenters. The lowest BCUT2D eigenvalue weighted by molar-refractivity contribution is -0.144. The highest BCUT2D eigenvalue weighted by Crippen LogP contribution is 2.73. The molecular formula is C9H11F3O2. The van der Waals surface area contributed by atoms with Gasteiger partial charge in [0.1, 0.15) is 0 Å². The predicted octanol–water partition coefficient (Wildman–Crippen LogP) is 2.81. The molecule has 1 fully saturated rings. The van der Waals surface area contributed by atoms with E-state index in [0.717, 1.165) is 0 Å². The molecule has 0 amide bonds. The van der Waals surface area contributed by atoms with Gasteiger partial charge in [0, 0.05) is 5.41 Å². The van der Waals surface area contributed by atoms with Gasteiger partial charge in [0.2, 0.25) is 0 Å². The minimum absolute atomic E-state index is 0.631. The summed E-state index contributed by atoms with van der Waals surface area (Å²) < 4.78 is 37.2. The van der Waals surface area contributed by atoms with Gasteiger partial charge in [0.05, 0.1) is 5.41 Å². The number of halogens is 3. The van der Waals surface area contributed by atoms with Crippen molar-refractivity contribution in [2.45, 2.75) is 20.8 Å². The van der Waals surface area contributed by atoms with E-state index >= 15 is 0 Å². The van der Waals surface area contributed by atoms with Gasteiger partial charge < -0.3 is 5.11 Å². The van der Waals surface area contributed by atoms with Gasteiger partial charge in [0.25, 0.3) is 0 Å². The lowest BCUT2D eigenvalue weighted by Gasteiger charge is -2.11. The number of carboxylic acids is 1. The molecule has 14 heavy (non-hydrogen) atoms. The van der Waals surface area contributed by atoms with E-state index in [4.69, 9.17) is 5.11 Å². The van der Waals surface area contributed by atoms with Crippen LogP contribution in [0.3, 0.4) is 0 Å². The monoisotopic (exact) mass is 208 g/mol. The van der Waals surface area contributed by atoms with Gasteiger partial charge in [-0.3, -0.25) is 4.79 Å². The second-order valence-corrected chi connectivity index (χ2v) is 4.01. The molecule has 0 bridgehead atoms. The molecule has 1 aliphatic carbocycles. The molecular weight excluding hydrogens is 197 g/mol. The second kappa shape index (κ2) is 2.74. The maximum absolute atomic E-state index is 13.1.